The maximum atomic E-state index is 13.9. The summed E-state index contributed by atoms with van der Waals surface area (Å²) >= 11 is 0. The van der Waals surface area contributed by atoms with Gasteiger partial charge in [0.25, 0.3) is 0 Å². The third-order valence-corrected chi connectivity index (χ3v) is 7.86. The van der Waals surface area contributed by atoms with E-state index in [1.807, 2.05) is 26.0 Å². The van der Waals surface area contributed by atoms with Crippen molar-refractivity contribution >= 4 is 11.9 Å². The third-order valence-electron chi connectivity index (χ3n) is 7.86. The number of rotatable bonds is 6. The lowest BCUT2D eigenvalue weighted by atomic mass is 9.79. The molecule has 0 radical (unpaired) electrons. The Balaban J connectivity index is 1.92. The van der Waals surface area contributed by atoms with Gasteiger partial charge in [0.05, 0.1) is 0 Å². The van der Waals surface area contributed by atoms with Gasteiger partial charge in [-0.25, -0.2) is 0 Å². The van der Waals surface area contributed by atoms with Crippen molar-refractivity contribution in [3.63, 3.8) is 0 Å². The standard InChI is InChI=1S/C31H50N2O5/c1-19-12-21(13-20(2)24(19)34)14-31(11,25(35)37-22-15-27(3,4)32-28(5,6)16-22)26(36)38-23-17-29(7,8)33-30(9,10)18-23/h12-13,22-23,32-34H,14-18H2,1-11H3. The van der Waals surface area contributed by atoms with E-state index in [0.29, 0.717) is 36.8 Å². The Morgan fingerprint density at radius 1 is 0.789 bits per heavy atom. The molecule has 7 heteroatoms. The summed E-state index contributed by atoms with van der Waals surface area (Å²) in [5.41, 5.74) is -0.176. The van der Waals surface area contributed by atoms with Crippen LogP contribution in [0.4, 0.5) is 0 Å². The molecule has 214 valence electrons. The van der Waals surface area contributed by atoms with Gasteiger partial charge in [-0.1, -0.05) is 12.1 Å². The molecule has 1 aromatic carbocycles. The number of piperidine rings is 2. The Morgan fingerprint density at radius 2 is 1.11 bits per heavy atom. The van der Waals surface area contributed by atoms with Crippen LogP contribution in [0.5, 0.6) is 5.75 Å². The molecule has 2 saturated heterocycles. The predicted octanol–water partition coefficient (Wildman–Crippen LogP) is 5.26. The zero-order chi connectivity index (χ0) is 28.9. The van der Waals surface area contributed by atoms with E-state index in [1.165, 1.54) is 0 Å². The molecule has 0 bridgehead atoms. The van der Waals surface area contributed by atoms with E-state index in [0.717, 1.165) is 5.56 Å². The highest BCUT2D eigenvalue weighted by atomic mass is 16.6. The van der Waals surface area contributed by atoms with Crippen molar-refractivity contribution in [1.82, 2.24) is 10.6 Å². The summed E-state index contributed by atoms with van der Waals surface area (Å²) in [5.74, 6) is -0.896. The quantitative estimate of drug-likeness (QED) is 0.341. The van der Waals surface area contributed by atoms with E-state index in [-0.39, 0.29) is 46.5 Å². The second kappa shape index (κ2) is 10.1. The van der Waals surface area contributed by atoms with Crippen molar-refractivity contribution in [2.45, 2.75) is 143 Å². The van der Waals surface area contributed by atoms with Crippen molar-refractivity contribution in [2.24, 2.45) is 5.41 Å². The van der Waals surface area contributed by atoms with E-state index in [2.05, 4.69) is 66.0 Å². The molecule has 2 heterocycles. The molecule has 7 nitrogen and oxygen atoms in total. The van der Waals surface area contributed by atoms with Crippen LogP contribution in [0.1, 0.15) is 105 Å². The monoisotopic (exact) mass is 530 g/mol. The van der Waals surface area contributed by atoms with Gasteiger partial charge in [0.2, 0.25) is 0 Å². The second-order valence-corrected chi connectivity index (χ2v) is 14.7. The number of esters is 2. The molecule has 0 saturated carbocycles. The lowest BCUT2D eigenvalue weighted by Gasteiger charge is -2.47. The van der Waals surface area contributed by atoms with Crippen molar-refractivity contribution in [3.05, 3.63) is 28.8 Å². The minimum Gasteiger partial charge on any atom is -0.507 e. The van der Waals surface area contributed by atoms with Gasteiger partial charge in [-0.15, -0.1) is 0 Å². The van der Waals surface area contributed by atoms with Gasteiger partial charge in [0, 0.05) is 47.8 Å². The molecule has 0 aliphatic carbocycles. The molecule has 0 amide bonds. The lowest BCUT2D eigenvalue weighted by molar-refractivity contribution is -0.181. The van der Waals surface area contributed by atoms with Gasteiger partial charge in [-0.05, 0) is 99.3 Å². The first kappa shape index (κ1) is 30.4. The highest BCUT2D eigenvalue weighted by Crippen LogP contribution is 2.37. The predicted molar refractivity (Wildman–Crippen MR) is 150 cm³/mol. The van der Waals surface area contributed by atoms with Gasteiger partial charge < -0.3 is 25.2 Å². The summed E-state index contributed by atoms with van der Waals surface area (Å²) in [7, 11) is 0. The number of benzene rings is 1. The number of phenolic OH excluding ortho intramolecular Hbond substituents is 1. The Morgan fingerprint density at radius 3 is 1.42 bits per heavy atom. The highest BCUT2D eigenvalue weighted by Gasteiger charge is 2.49. The van der Waals surface area contributed by atoms with E-state index >= 15 is 0 Å². The maximum absolute atomic E-state index is 13.9. The lowest BCUT2D eigenvalue weighted by Crippen LogP contribution is -2.61. The number of ether oxygens (including phenoxy) is 2. The maximum Gasteiger partial charge on any atom is 0.323 e. The second-order valence-electron chi connectivity index (χ2n) is 14.7. The van der Waals surface area contributed by atoms with Crippen molar-refractivity contribution in [3.8, 4) is 5.75 Å². The molecule has 0 aromatic heterocycles. The topological polar surface area (TPSA) is 96.9 Å². The summed E-state index contributed by atoms with van der Waals surface area (Å²) in [5, 5.41) is 17.5. The summed E-state index contributed by atoms with van der Waals surface area (Å²) in [4.78, 5) is 27.9. The number of hydrogen-bond acceptors (Lipinski definition) is 7. The van der Waals surface area contributed by atoms with E-state index < -0.39 is 17.4 Å². The number of hydrogen-bond donors (Lipinski definition) is 3. The molecule has 3 N–H and O–H groups in total. The van der Waals surface area contributed by atoms with Crippen LogP contribution in [0.3, 0.4) is 0 Å². The summed E-state index contributed by atoms with van der Waals surface area (Å²) < 4.78 is 12.3. The molecule has 2 aliphatic heterocycles. The summed E-state index contributed by atoms with van der Waals surface area (Å²) in [6.45, 7) is 22.1. The van der Waals surface area contributed by atoms with Crippen molar-refractivity contribution in [1.29, 1.82) is 0 Å². The normalized spacial score (nSPS) is 23.0. The average Bonchev–Trinajstić information content (AvgIpc) is 2.66. The van der Waals surface area contributed by atoms with Crippen LogP contribution in [0.2, 0.25) is 0 Å². The smallest absolute Gasteiger partial charge is 0.323 e. The molecule has 0 unspecified atom stereocenters. The number of carbonyl (C=O) groups excluding carboxylic acids is 2. The van der Waals surface area contributed by atoms with E-state index in [4.69, 9.17) is 9.47 Å². The Labute approximate surface area is 229 Å². The fourth-order valence-electron chi connectivity index (χ4n) is 6.97. The van der Waals surface area contributed by atoms with Crippen LogP contribution in [0.25, 0.3) is 0 Å². The van der Waals surface area contributed by atoms with Crippen LogP contribution >= 0.6 is 0 Å². The number of aromatic hydroxyl groups is 1. The third kappa shape index (κ3) is 7.29. The van der Waals surface area contributed by atoms with Gasteiger partial charge >= 0.3 is 11.9 Å². The van der Waals surface area contributed by atoms with E-state index in [1.54, 1.807) is 6.92 Å². The minimum atomic E-state index is -1.53. The van der Waals surface area contributed by atoms with Crippen molar-refractivity contribution in [2.75, 3.05) is 0 Å². The zero-order valence-corrected chi connectivity index (χ0v) is 25.4. The van der Waals surface area contributed by atoms with Crippen LogP contribution in [0, 0.1) is 19.3 Å². The van der Waals surface area contributed by atoms with Gasteiger partial charge in [0.1, 0.15) is 18.0 Å². The Bertz CT molecular complexity index is 965. The van der Waals surface area contributed by atoms with Gasteiger partial charge in [-0.3, -0.25) is 9.59 Å². The number of aryl methyl sites for hydroxylation is 2. The highest BCUT2D eigenvalue weighted by molar-refractivity contribution is 6.00. The molecule has 0 spiro atoms. The summed E-state index contributed by atoms with van der Waals surface area (Å²) in [6.07, 6.45) is 2.11. The van der Waals surface area contributed by atoms with Crippen LogP contribution in [0.15, 0.2) is 12.1 Å². The Kier molecular flexibility index (Phi) is 8.11. The van der Waals surface area contributed by atoms with E-state index in [9.17, 15) is 14.7 Å². The average molecular weight is 531 g/mol. The molecule has 0 atom stereocenters. The molecule has 2 fully saturated rings. The first-order chi connectivity index (χ1) is 17.1. The number of nitrogens with one attached hydrogen (secondary N) is 2. The summed E-state index contributed by atoms with van der Waals surface area (Å²) in [6, 6.07) is 3.66. The molecular formula is C31H50N2O5. The fourth-order valence-corrected chi connectivity index (χ4v) is 6.97. The molecule has 3 rings (SSSR count). The first-order valence-corrected chi connectivity index (χ1v) is 13.9. The minimum absolute atomic E-state index is 0.127. The zero-order valence-electron chi connectivity index (χ0n) is 25.4. The number of phenols is 1. The fraction of sp³-hybridized carbons (Fsp3) is 0.742. The van der Waals surface area contributed by atoms with Crippen LogP contribution in [-0.2, 0) is 25.5 Å². The SMILES string of the molecule is Cc1cc(CC(C)(C(=O)OC2CC(C)(C)NC(C)(C)C2)C(=O)OC2CC(C)(C)NC(C)(C)C2)cc(C)c1O. The van der Waals surface area contributed by atoms with Crippen molar-refractivity contribution < 1.29 is 24.2 Å². The van der Waals surface area contributed by atoms with Gasteiger partial charge in [-0.2, -0.15) is 0 Å². The first-order valence-electron chi connectivity index (χ1n) is 13.9. The number of carbonyl (C=O) groups is 2. The van der Waals surface area contributed by atoms with Crippen LogP contribution in [-0.4, -0.2) is 51.4 Å². The largest absolute Gasteiger partial charge is 0.507 e. The molecule has 1 aromatic rings. The molecule has 2 aliphatic rings. The van der Waals surface area contributed by atoms with Crippen LogP contribution < -0.4 is 10.6 Å². The molecule has 38 heavy (non-hydrogen) atoms. The Hall–Kier alpha value is -2.12. The molecular weight excluding hydrogens is 480 g/mol. The van der Waals surface area contributed by atoms with Gasteiger partial charge in [0.15, 0.2) is 5.41 Å².